The van der Waals surface area contributed by atoms with Crippen LogP contribution < -0.4 is 21.4 Å². The molecule has 56 heavy (non-hydrogen) atoms. The van der Waals surface area contributed by atoms with Crippen molar-refractivity contribution in [2.45, 2.75) is 27.7 Å². The monoisotopic (exact) mass is 740 g/mol. The fourth-order valence-corrected chi connectivity index (χ4v) is 8.37. The van der Waals surface area contributed by atoms with Gasteiger partial charge in [0, 0.05) is 119 Å². The second-order valence-electron chi connectivity index (χ2n) is 14.9. The van der Waals surface area contributed by atoms with Crippen molar-refractivity contribution in [3.8, 4) is 0 Å². The van der Waals surface area contributed by atoms with Gasteiger partial charge in [-0.1, -0.05) is 24.3 Å². The quantitative estimate of drug-likeness (QED) is 0.200. The summed E-state index contributed by atoms with van der Waals surface area (Å²) in [6.45, 7) is 16.2. The molecule has 0 saturated carbocycles. The van der Waals surface area contributed by atoms with E-state index in [1.165, 1.54) is 22.3 Å². The van der Waals surface area contributed by atoms with Crippen molar-refractivity contribution in [1.29, 1.82) is 0 Å². The van der Waals surface area contributed by atoms with Crippen molar-refractivity contribution in [2.24, 2.45) is 0 Å². The Bertz CT molecular complexity index is 2310. The van der Waals surface area contributed by atoms with Crippen LogP contribution in [0.3, 0.4) is 0 Å². The third-order valence-electron chi connectivity index (χ3n) is 11.7. The summed E-state index contributed by atoms with van der Waals surface area (Å²) in [4.78, 5) is 25.1. The molecule has 0 saturated heterocycles. The molecular weight excluding hydrogens is 689 g/mol. The summed E-state index contributed by atoms with van der Waals surface area (Å²) in [6, 6.07) is 18.0. The first-order valence-electron chi connectivity index (χ1n) is 20.3. The van der Waals surface area contributed by atoms with Gasteiger partial charge in [-0.3, -0.25) is 0 Å². The standard InChI is InChI=1S/C48H52N8/c1-5-53-25-17-33(18-26-53)45-37-9-11-39(49-37)46(34-19-27-54(6-2)28-20-34)41-13-15-43(51-41)48(36-23-31-56(8-4)32-24-36)44-16-14-42(52-44)47(40-12-10-38(45)50-40)35-21-29-55(7-3)30-22-35/h9-25,27,29,31,49-52H,5-8,26,28,30,32H2,1-4H3. The van der Waals surface area contributed by atoms with Gasteiger partial charge in [0.15, 0.2) is 0 Å². The van der Waals surface area contributed by atoms with Gasteiger partial charge in [0.05, 0.1) is 0 Å². The zero-order valence-corrected chi connectivity index (χ0v) is 33.0. The van der Waals surface area contributed by atoms with Crippen molar-refractivity contribution in [3.63, 3.8) is 0 Å². The number of H-pyrrole nitrogens is 4. The molecule has 8 heteroatoms. The van der Waals surface area contributed by atoms with Crippen LogP contribution in [0.25, 0.3) is 22.3 Å². The van der Waals surface area contributed by atoms with Crippen LogP contribution in [0.4, 0.5) is 0 Å². The highest BCUT2D eigenvalue weighted by Crippen LogP contribution is 2.31. The lowest BCUT2D eigenvalue weighted by atomic mass is 10.0. The van der Waals surface area contributed by atoms with Gasteiger partial charge in [-0.05, 0) is 148 Å². The first-order valence-corrected chi connectivity index (χ1v) is 20.3. The Hall–Kier alpha value is -6.28. The summed E-state index contributed by atoms with van der Waals surface area (Å²) in [6.07, 6.45) is 27.3. The smallest absolute Gasteiger partial charge is 0.0485 e. The van der Waals surface area contributed by atoms with Gasteiger partial charge < -0.3 is 39.5 Å². The molecule has 0 amide bonds. The Morgan fingerprint density at radius 1 is 0.357 bits per heavy atom. The minimum atomic E-state index is 0.871. The number of fused-ring (bicyclic) bond motifs is 8. The molecule has 0 unspecified atom stereocenters. The van der Waals surface area contributed by atoms with Crippen molar-refractivity contribution in [3.05, 3.63) is 188 Å². The number of hydrogen-bond donors (Lipinski definition) is 4. The Balaban J connectivity index is 1.35. The topological polar surface area (TPSA) is 76.1 Å². The second-order valence-corrected chi connectivity index (χ2v) is 14.9. The summed E-state index contributed by atoms with van der Waals surface area (Å²) in [5.41, 5.74) is 13.7. The van der Waals surface area contributed by atoms with Gasteiger partial charge in [-0.25, -0.2) is 0 Å². The molecule has 8 bridgehead atoms. The summed E-state index contributed by atoms with van der Waals surface area (Å²) in [7, 11) is 0. The molecule has 9 heterocycles. The summed E-state index contributed by atoms with van der Waals surface area (Å²) in [5.74, 6) is 0. The molecule has 5 aliphatic heterocycles. The van der Waals surface area contributed by atoms with Crippen LogP contribution in [0, 0.1) is 0 Å². The molecule has 8 nitrogen and oxygen atoms in total. The molecular formula is C48H52N8. The number of allylic oxidation sites excluding steroid dienone is 8. The van der Waals surface area contributed by atoms with E-state index in [1.807, 2.05) is 0 Å². The lowest BCUT2D eigenvalue weighted by molar-refractivity contribution is 0.434. The van der Waals surface area contributed by atoms with Crippen LogP contribution >= 0.6 is 0 Å². The number of likely N-dealkylation sites (N-methyl/N-ethyl adjacent to an activating group) is 4. The largest absolute Gasteiger partial charge is 0.374 e. The molecule has 4 aromatic heterocycles. The third kappa shape index (κ3) is 6.59. The summed E-state index contributed by atoms with van der Waals surface area (Å²) in [5, 5.41) is 4.30. The number of aromatic nitrogens is 4. The second kappa shape index (κ2) is 15.1. The molecule has 0 spiro atoms. The van der Waals surface area contributed by atoms with Crippen LogP contribution in [0.1, 0.15) is 50.5 Å². The fraction of sp³-hybridized carbons (Fsp3) is 0.250. The van der Waals surface area contributed by atoms with E-state index in [0.717, 1.165) is 119 Å². The van der Waals surface area contributed by atoms with Gasteiger partial charge in [0.1, 0.15) is 0 Å². The normalized spacial score (nSPS) is 18.2. The highest BCUT2D eigenvalue weighted by molar-refractivity contribution is 5.87. The SMILES string of the molecule is CCN1C=CC(C2=c3ccc([nH]3)=C(C3=CCN(CC)C=C3)c3ccc([nH]3)C(C3=CCN(CC)C=C3)=c3ccc([nH]3)=C(C3=CCN(CC)C=C3)c3ccc2[nH]3)=CC1. The van der Waals surface area contributed by atoms with Gasteiger partial charge in [-0.2, -0.15) is 0 Å². The van der Waals surface area contributed by atoms with E-state index in [2.05, 4.69) is 189 Å². The maximum atomic E-state index is 3.94. The molecule has 0 aliphatic carbocycles. The first kappa shape index (κ1) is 35.4. The predicted molar refractivity (Wildman–Crippen MR) is 230 cm³/mol. The van der Waals surface area contributed by atoms with Gasteiger partial charge in [0.25, 0.3) is 0 Å². The molecule has 4 N–H and O–H groups in total. The lowest BCUT2D eigenvalue weighted by Gasteiger charge is -2.22. The number of aromatic amines is 4. The Morgan fingerprint density at radius 3 is 0.804 bits per heavy atom. The molecule has 0 radical (unpaired) electrons. The van der Waals surface area contributed by atoms with Crippen LogP contribution in [0.15, 0.2) is 144 Å². The van der Waals surface area contributed by atoms with E-state index in [9.17, 15) is 0 Å². The van der Waals surface area contributed by atoms with E-state index in [0.29, 0.717) is 0 Å². The highest BCUT2D eigenvalue weighted by Gasteiger charge is 2.21. The van der Waals surface area contributed by atoms with E-state index >= 15 is 0 Å². The molecule has 0 atom stereocenters. The van der Waals surface area contributed by atoms with Crippen LogP contribution in [0.2, 0.25) is 0 Å². The van der Waals surface area contributed by atoms with E-state index < -0.39 is 0 Å². The fourth-order valence-electron chi connectivity index (χ4n) is 8.37. The third-order valence-corrected chi connectivity index (χ3v) is 11.7. The van der Waals surface area contributed by atoms with Crippen molar-refractivity contribution >= 4 is 22.3 Å². The summed E-state index contributed by atoms with van der Waals surface area (Å²) < 4.78 is 0. The van der Waals surface area contributed by atoms with E-state index in [-0.39, 0.29) is 0 Å². The van der Waals surface area contributed by atoms with Crippen molar-refractivity contribution in [2.75, 3.05) is 52.4 Å². The average molecular weight is 741 g/mol. The average Bonchev–Trinajstić information content (AvgIpc) is 4.10. The van der Waals surface area contributed by atoms with Crippen molar-refractivity contribution in [1.82, 2.24) is 39.5 Å². The van der Waals surface area contributed by atoms with Gasteiger partial charge in [0.2, 0.25) is 0 Å². The van der Waals surface area contributed by atoms with Gasteiger partial charge >= 0.3 is 0 Å². The van der Waals surface area contributed by atoms with Crippen LogP contribution in [-0.2, 0) is 0 Å². The predicted octanol–water partition coefficient (Wildman–Crippen LogP) is 5.21. The number of nitrogens with one attached hydrogen (secondary N) is 4. The molecule has 284 valence electrons. The zero-order valence-electron chi connectivity index (χ0n) is 33.0. The number of rotatable bonds is 8. The molecule has 4 aromatic rings. The minimum Gasteiger partial charge on any atom is -0.374 e. The zero-order chi connectivity index (χ0) is 38.2. The highest BCUT2D eigenvalue weighted by atomic mass is 15.1. The lowest BCUT2D eigenvalue weighted by Crippen LogP contribution is -2.23. The van der Waals surface area contributed by atoms with E-state index in [4.69, 9.17) is 0 Å². The first-order chi connectivity index (χ1) is 27.5. The van der Waals surface area contributed by atoms with Crippen LogP contribution in [0.5, 0.6) is 0 Å². The molecule has 5 aliphatic rings. The minimum absolute atomic E-state index is 0.871. The molecule has 0 aromatic carbocycles. The molecule has 9 rings (SSSR count). The number of nitrogens with zero attached hydrogens (tertiary/aromatic N) is 4. The maximum absolute atomic E-state index is 3.94. The Kier molecular flexibility index (Phi) is 9.55. The maximum Gasteiger partial charge on any atom is 0.0485 e. The Labute approximate surface area is 329 Å². The van der Waals surface area contributed by atoms with Crippen molar-refractivity contribution < 1.29 is 0 Å². The Morgan fingerprint density at radius 2 is 0.607 bits per heavy atom. The van der Waals surface area contributed by atoms with Gasteiger partial charge in [-0.15, -0.1) is 0 Å². The van der Waals surface area contributed by atoms with Crippen LogP contribution in [-0.4, -0.2) is 91.9 Å². The molecule has 0 fully saturated rings. The van der Waals surface area contributed by atoms with E-state index in [1.54, 1.807) is 0 Å². The number of hydrogen-bond acceptors (Lipinski definition) is 4. The summed E-state index contributed by atoms with van der Waals surface area (Å²) >= 11 is 0.